The number of hydrogen-bond acceptors (Lipinski definition) is 1. The second-order valence-corrected chi connectivity index (χ2v) is 3.96. The number of aryl methyl sites for hydroxylation is 1. The average Bonchev–Trinajstić information content (AvgIpc) is 2.29. The topological polar surface area (TPSA) is 17.8 Å². The fourth-order valence-corrected chi connectivity index (χ4v) is 1.14. The van der Waals surface area contributed by atoms with Crippen LogP contribution < -0.4 is 0 Å². The lowest BCUT2D eigenvalue weighted by molar-refractivity contribution is 0.588. The SMILES string of the molecule is C#Cc1nn(C)cc1C(C)(C)C. The van der Waals surface area contributed by atoms with E-state index in [1.165, 1.54) is 0 Å². The van der Waals surface area contributed by atoms with Crippen molar-refractivity contribution >= 4 is 0 Å². The van der Waals surface area contributed by atoms with Crippen LogP contribution in [-0.2, 0) is 12.5 Å². The van der Waals surface area contributed by atoms with Crippen molar-refractivity contribution in [2.24, 2.45) is 7.05 Å². The van der Waals surface area contributed by atoms with Gasteiger partial charge in [-0.1, -0.05) is 20.8 Å². The molecule has 0 bridgehead atoms. The summed E-state index contributed by atoms with van der Waals surface area (Å²) in [5.74, 6) is 2.59. The van der Waals surface area contributed by atoms with Crippen molar-refractivity contribution in [3.05, 3.63) is 17.5 Å². The molecular weight excluding hydrogens is 148 g/mol. The van der Waals surface area contributed by atoms with Crippen molar-refractivity contribution in [2.45, 2.75) is 26.2 Å². The first-order valence-corrected chi connectivity index (χ1v) is 3.96. The van der Waals surface area contributed by atoms with Crippen LogP contribution in [0.4, 0.5) is 0 Å². The molecule has 0 saturated heterocycles. The minimum Gasteiger partial charge on any atom is -0.274 e. The molecule has 0 spiro atoms. The Bertz CT molecular complexity index is 321. The van der Waals surface area contributed by atoms with Gasteiger partial charge in [0.2, 0.25) is 0 Å². The lowest BCUT2D eigenvalue weighted by atomic mass is 9.87. The fraction of sp³-hybridized carbons (Fsp3) is 0.500. The van der Waals surface area contributed by atoms with Gasteiger partial charge in [-0.2, -0.15) is 5.10 Å². The summed E-state index contributed by atoms with van der Waals surface area (Å²) < 4.78 is 1.76. The summed E-state index contributed by atoms with van der Waals surface area (Å²) in [6, 6.07) is 0. The van der Waals surface area contributed by atoms with Crippen LogP contribution in [0.15, 0.2) is 6.20 Å². The lowest BCUT2D eigenvalue weighted by Gasteiger charge is -2.16. The Morgan fingerprint density at radius 1 is 1.50 bits per heavy atom. The van der Waals surface area contributed by atoms with Crippen LogP contribution in [0.5, 0.6) is 0 Å². The van der Waals surface area contributed by atoms with Crippen LogP contribution in [0.2, 0.25) is 0 Å². The van der Waals surface area contributed by atoms with Gasteiger partial charge in [-0.05, 0) is 11.3 Å². The molecule has 1 heterocycles. The Balaban J connectivity index is 3.25. The average molecular weight is 162 g/mol. The number of rotatable bonds is 0. The maximum Gasteiger partial charge on any atom is 0.138 e. The highest BCUT2D eigenvalue weighted by molar-refractivity contribution is 5.36. The molecule has 1 rings (SSSR count). The smallest absolute Gasteiger partial charge is 0.138 e. The van der Waals surface area contributed by atoms with Gasteiger partial charge in [-0.3, -0.25) is 4.68 Å². The van der Waals surface area contributed by atoms with E-state index in [2.05, 4.69) is 31.8 Å². The van der Waals surface area contributed by atoms with E-state index in [0.29, 0.717) is 0 Å². The van der Waals surface area contributed by atoms with Crippen molar-refractivity contribution < 1.29 is 0 Å². The fourth-order valence-electron chi connectivity index (χ4n) is 1.14. The van der Waals surface area contributed by atoms with E-state index in [0.717, 1.165) is 11.3 Å². The highest BCUT2D eigenvalue weighted by Crippen LogP contribution is 2.24. The summed E-state index contributed by atoms with van der Waals surface area (Å²) in [6.45, 7) is 6.39. The van der Waals surface area contributed by atoms with E-state index < -0.39 is 0 Å². The number of aromatic nitrogens is 2. The zero-order chi connectivity index (χ0) is 9.35. The molecule has 0 radical (unpaired) electrons. The van der Waals surface area contributed by atoms with Gasteiger partial charge in [0.1, 0.15) is 5.69 Å². The molecule has 0 amide bonds. The van der Waals surface area contributed by atoms with Crippen LogP contribution in [-0.4, -0.2) is 9.78 Å². The van der Waals surface area contributed by atoms with Crippen molar-refractivity contribution in [3.8, 4) is 12.3 Å². The van der Waals surface area contributed by atoms with E-state index in [1.54, 1.807) is 4.68 Å². The summed E-state index contributed by atoms with van der Waals surface area (Å²) >= 11 is 0. The molecular formula is C10H14N2. The molecule has 1 aromatic heterocycles. The van der Waals surface area contributed by atoms with Crippen molar-refractivity contribution in [1.82, 2.24) is 9.78 Å². The van der Waals surface area contributed by atoms with E-state index in [1.807, 2.05) is 13.2 Å². The second kappa shape index (κ2) is 2.67. The van der Waals surface area contributed by atoms with Crippen molar-refractivity contribution in [3.63, 3.8) is 0 Å². The molecule has 1 aromatic rings. The quantitative estimate of drug-likeness (QED) is 0.531. The molecule has 2 heteroatoms. The van der Waals surface area contributed by atoms with Crippen LogP contribution >= 0.6 is 0 Å². The standard InChI is InChI=1S/C10H14N2/c1-6-9-8(10(2,3)4)7-12(5)11-9/h1,7H,2-5H3. The van der Waals surface area contributed by atoms with Gasteiger partial charge in [0.15, 0.2) is 0 Å². The Hall–Kier alpha value is -1.23. The van der Waals surface area contributed by atoms with Crippen LogP contribution in [0.1, 0.15) is 32.0 Å². The molecule has 0 saturated carbocycles. The summed E-state index contributed by atoms with van der Waals surface area (Å²) in [5.41, 5.74) is 1.97. The van der Waals surface area contributed by atoms with Crippen LogP contribution in [0.25, 0.3) is 0 Å². The normalized spacial score (nSPS) is 11.2. The summed E-state index contributed by atoms with van der Waals surface area (Å²) in [5, 5.41) is 4.18. The molecule has 0 aliphatic carbocycles. The third-order valence-electron chi connectivity index (χ3n) is 1.77. The molecule has 0 N–H and O–H groups in total. The number of terminal acetylenes is 1. The third-order valence-corrected chi connectivity index (χ3v) is 1.77. The first kappa shape index (κ1) is 8.86. The minimum atomic E-state index is 0.0793. The molecule has 2 nitrogen and oxygen atoms in total. The Morgan fingerprint density at radius 2 is 2.08 bits per heavy atom. The van der Waals surface area contributed by atoms with Gasteiger partial charge >= 0.3 is 0 Å². The molecule has 0 aliphatic rings. The highest BCUT2D eigenvalue weighted by Gasteiger charge is 2.19. The van der Waals surface area contributed by atoms with E-state index >= 15 is 0 Å². The Morgan fingerprint density at radius 3 is 2.42 bits per heavy atom. The van der Waals surface area contributed by atoms with Gasteiger partial charge < -0.3 is 0 Å². The zero-order valence-corrected chi connectivity index (χ0v) is 8.05. The highest BCUT2D eigenvalue weighted by atomic mass is 15.2. The number of hydrogen-bond donors (Lipinski definition) is 0. The van der Waals surface area contributed by atoms with Crippen LogP contribution in [0, 0.1) is 12.3 Å². The van der Waals surface area contributed by atoms with Gasteiger partial charge in [-0.25, -0.2) is 0 Å². The molecule has 0 atom stereocenters. The van der Waals surface area contributed by atoms with Gasteiger partial charge in [0.05, 0.1) is 0 Å². The molecule has 12 heavy (non-hydrogen) atoms. The van der Waals surface area contributed by atoms with Crippen molar-refractivity contribution in [2.75, 3.05) is 0 Å². The molecule has 0 aromatic carbocycles. The maximum atomic E-state index is 5.33. The lowest BCUT2D eigenvalue weighted by Crippen LogP contribution is -2.11. The monoisotopic (exact) mass is 162 g/mol. The summed E-state index contributed by atoms with van der Waals surface area (Å²) in [7, 11) is 1.88. The molecule has 64 valence electrons. The first-order valence-electron chi connectivity index (χ1n) is 3.96. The maximum absolute atomic E-state index is 5.33. The summed E-state index contributed by atoms with van der Waals surface area (Å²) in [6.07, 6.45) is 7.32. The minimum absolute atomic E-state index is 0.0793. The molecule has 0 fully saturated rings. The Kier molecular flexibility index (Phi) is 1.97. The zero-order valence-electron chi connectivity index (χ0n) is 8.05. The predicted octanol–water partition coefficient (Wildman–Crippen LogP) is 1.70. The molecule has 0 aliphatic heterocycles. The van der Waals surface area contributed by atoms with Gasteiger partial charge in [0, 0.05) is 18.8 Å². The largest absolute Gasteiger partial charge is 0.274 e. The van der Waals surface area contributed by atoms with E-state index in [4.69, 9.17) is 6.42 Å². The Labute approximate surface area is 73.6 Å². The third kappa shape index (κ3) is 1.50. The van der Waals surface area contributed by atoms with Gasteiger partial charge in [-0.15, -0.1) is 6.42 Å². The van der Waals surface area contributed by atoms with Gasteiger partial charge in [0.25, 0.3) is 0 Å². The number of nitrogens with zero attached hydrogens (tertiary/aromatic N) is 2. The molecule has 0 unspecified atom stereocenters. The summed E-state index contributed by atoms with van der Waals surface area (Å²) in [4.78, 5) is 0. The van der Waals surface area contributed by atoms with E-state index in [9.17, 15) is 0 Å². The van der Waals surface area contributed by atoms with E-state index in [-0.39, 0.29) is 5.41 Å². The first-order chi connectivity index (χ1) is 5.45. The van der Waals surface area contributed by atoms with Crippen LogP contribution in [0.3, 0.4) is 0 Å². The second-order valence-electron chi connectivity index (χ2n) is 3.96. The predicted molar refractivity (Wildman–Crippen MR) is 49.8 cm³/mol. The van der Waals surface area contributed by atoms with Crippen molar-refractivity contribution in [1.29, 1.82) is 0 Å².